The summed E-state index contributed by atoms with van der Waals surface area (Å²) in [4.78, 5) is 14.0. The largest absolute Gasteiger partial charge is 0.465 e. The normalized spacial score (nSPS) is 24.9. The number of likely N-dealkylation sites (tertiary alicyclic amines) is 1. The van der Waals surface area contributed by atoms with Gasteiger partial charge in [0.1, 0.15) is 11.5 Å². The number of aromatic nitrogens is 2. The van der Waals surface area contributed by atoms with Crippen molar-refractivity contribution in [3.8, 4) is 0 Å². The molecule has 22 heavy (non-hydrogen) atoms. The van der Waals surface area contributed by atoms with Crippen molar-refractivity contribution in [3.63, 3.8) is 0 Å². The summed E-state index contributed by atoms with van der Waals surface area (Å²) in [6, 6.07) is 5.27. The molecule has 0 amide bonds. The van der Waals surface area contributed by atoms with Crippen LogP contribution in [0.2, 0.25) is 0 Å². The summed E-state index contributed by atoms with van der Waals surface area (Å²) in [5, 5.41) is 0. The highest BCUT2D eigenvalue weighted by Gasteiger charge is 2.43. The molecule has 4 heterocycles. The molecule has 2 atom stereocenters. The quantitative estimate of drug-likeness (QED) is 0.871. The molecule has 2 aliphatic heterocycles. The maximum atomic E-state index is 5.74. The van der Waals surface area contributed by atoms with E-state index in [1.165, 1.54) is 12.8 Å². The van der Waals surface area contributed by atoms with Crippen LogP contribution in [0.3, 0.4) is 0 Å². The van der Waals surface area contributed by atoms with Crippen LogP contribution in [-0.2, 0) is 6.54 Å². The second-order valence-electron chi connectivity index (χ2n) is 6.45. The lowest BCUT2D eigenvalue weighted by atomic mass is 10.1. The summed E-state index contributed by atoms with van der Waals surface area (Å²) in [7, 11) is 0. The lowest BCUT2D eigenvalue weighted by Gasteiger charge is -2.25. The molecule has 2 aliphatic rings. The number of hydrogen-bond donors (Lipinski definition) is 0. The van der Waals surface area contributed by atoms with Crippen molar-refractivity contribution < 1.29 is 4.42 Å². The van der Waals surface area contributed by atoms with Gasteiger partial charge >= 0.3 is 0 Å². The number of rotatable bonds is 3. The molecule has 0 radical (unpaired) electrons. The van der Waals surface area contributed by atoms with Crippen LogP contribution in [0.5, 0.6) is 0 Å². The molecular formula is C17H22N4O. The Kier molecular flexibility index (Phi) is 3.37. The Morgan fingerprint density at radius 3 is 2.59 bits per heavy atom. The Morgan fingerprint density at radius 1 is 1.09 bits per heavy atom. The van der Waals surface area contributed by atoms with Crippen LogP contribution in [0.25, 0.3) is 0 Å². The topological polar surface area (TPSA) is 45.4 Å². The third-order valence-electron chi connectivity index (χ3n) is 4.87. The number of anilines is 1. The van der Waals surface area contributed by atoms with Crippen LogP contribution < -0.4 is 4.90 Å². The molecule has 0 aromatic carbocycles. The van der Waals surface area contributed by atoms with Crippen LogP contribution in [0.15, 0.2) is 28.9 Å². The average molecular weight is 298 g/mol. The van der Waals surface area contributed by atoms with E-state index >= 15 is 0 Å². The van der Waals surface area contributed by atoms with Gasteiger partial charge in [-0.15, -0.1) is 0 Å². The van der Waals surface area contributed by atoms with Crippen molar-refractivity contribution in [1.82, 2.24) is 14.9 Å². The predicted octanol–water partition coefficient (Wildman–Crippen LogP) is 2.54. The van der Waals surface area contributed by atoms with Gasteiger partial charge in [0.15, 0.2) is 0 Å². The Morgan fingerprint density at radius 2 is 1.86 bits per heavy atom. The first-order chi connectivity index (χ1) is 10.7. The fraction of sp³-hybridized carbons (Fsp3) is 0.529. The predicted molar refractivity (Wildman–Crippen MR) is 84.8 cm³/mol. The Hall–Kier alpha value is -1.88. The highest BCUT2D eigenvalue weighted by molar-refractivity contribution is 5.36. The van der Waals surface area contributed by atoms with Gasteiger partial charge in [-0.2, -0.15) is 0 Å². The number of hydrogen-bond acceptors (Lipinski definition) is 5. The minimum absolute atomic E-state index is 0.541. The second kappa shape index (κ2) is 5.39. The van der Waals surface area contributed by atoms with E-state index in [1.54, 1.807) is 0 Å². The number of nitrogens with zero attached hydrogens (tertiary/aromatic N) is 4. The standard InChI is InChI=1S/C17H22N4O/c1-12-9-18-17(19-10-12)21-8-6-15-16(21)5-7-20(15)11-14-4-3-13(2)22-14/h3-4,9-10,15-16H,5-8,11H2,1-2H3/t15-,16+/m0/s1. The summed E-state index contributed by atoms with van der Waals surface area (Å²) >= 11 is 0. The average Bonchev–Trinajstić information content (AvgIpc) is 3.19. The summed E-state index contributed by atoms with van der Waals surface area (Å²) in [6.07, 6.45) is 6.19. The summed E-state index contributed by atoms with van der Waals surface area (Å²) in [5.41, 5.74) is 1.11. The smallest absolute Gasteiger partial charge is 0.225 e. The van der Waals surface area contributed by atoms with Gasteiger partial charge in [0, 0.05) is 37.6 Å². The maximum absolute atomic E-state index is 5.74. The molecule has 2 saturated heterocycles. The van der Waals surface area contributed by atoms with Crippen molar-refractivity contribution in [2.75, 3.05) is 18.0 Å². The third kappa shape index (κ3) is 2.39. The summed E-state index contributed by atoms with van der Waals surface area (Å²) < 4.78 is 5.74. The fourth-order valence-electron chi connectivity index (χ4n) is 3.82. The van der Waals surface area contributed by atoms with Crippen molar-refractivity contribution in [3.05, 3.63) is 41.6 Å². The number of furan rings is 1. The van der Waals surface area contributed by atoms with Crippen LogP contribution in [-0.4, -0.2) is 40.0 Å². The highest BCUT2D eigenvalue weighted by Crippen LogP contribution is 2.34. The Balaban J connectivity index is 1.48. The fourth-order valence-corrected chi connectivity index (χ4v) is 3.82. The SMILES string of the molecule is Cc1cnc(N2CC[C@H]3[C@H]2CCN3Cc2ccc(C)o2)nc1. The minimum Gasteiger partial charge on any atom is -0.465 e. The lowest BCUT2D eigenvalue weighted by molar-refractivity contribution is 0.225. The van der Waals surface area contributed by atoms with Crippen molar-refractivity contribution in [2.45, 2.75) is 45.3 Å². The molecule has 2 aromatic rings. The monoisotopic (exact) mass is 298 g/mol. The lowest BCUT2D eigenvalue weighted by Crippen LogP contribution is -2.37. The van der Waals surface area contributed by atoms with Gasteiger partial charge in [-0.05, 0) is 44.4 Å². The molecule has 4 rings (SSSR count). The van der Waals surface area contributed by atoms with E-state index in [4.69, 9.17) is 4.42 Å². The van der Waals surface area contributed by atoms with Gasteiger partial charge in [0.05, 0.1) is 6.54 Å². The Labute approximate surface area is 131 Å². The van der Waals surface area contributed by atoms with Gasteiger partial charge < -0.3 is 9.32 Å². The van der Waals surface area contributed by atoms with Crippen molar-refractivity contribution >= 4 is 5.95 Å². The summed E-state index contributed by atoms with van der Waals surface area (Å²) in [5.74, 6) is 2.95. The zero-order chi connectivity index (χ0) is 15.1. The van der Waals surface area contributed by atoms with Gasteiger partial charge in [-0.1, -0.05) is 0 Å². The van der Waals surface area contributed by atoms with Gasteiger partial charge in [-0.25, -0.2) is 9.97 Å². The molecule has 2 fully saturated rings. The molecule has 0 unspecified atom stereocenters. The Bertz CT molecular complexity index is 651. The molecule has 0 saturated carbocycles. The highest BCUT2D eigenvalue weighted by atomic mass is 16.3. The van der Waals surface area contributed by atoms with E-state index in [0.29, 0.717) is 12.1 Å². The molecule has 0 aliphatic carbocycles. The van der Waals surface area contributed by atoms with Gasteiger partial charge in [0.2, 0.25) is 5.95 Å². The zero-order valence-corrected chi connectivity index (χ0v) is 13.2. The zero-order valence-electron chi connectivity index (χ0n) is 13.2. The van der Waals surface area contributed by atoms with E-state index in [9.17, 15) is 0 Å². The number of fused-ring (bicyclic) bond motifs is 1. The van der Waals surface area contributed by atoms with Crippen LogP contribution in [0.4, 0.5) is 5.95 Å². The van der Waals surface area contributed by atoms with E-state index in [2.05, 4.69) is 25.8 Å². The first-order valence-corrected chi connectivity index (χ1v) is 8.05. The molecule has 116 valence electrons. The van der Waals surface area contributed by atoms with Crippen LogP contribution >= 0.6 is 0 Å². The molecule has 5 heteroatoms. The van der Waals surface area contributed by atoms with Crippen molar-refractivity contribution in [1.29, 1.82) is 0 Å². The molecule has 0 bridgehead atoms. The molecule has 2 aromatic heterocycles. The maximum Gasteiger partial charge on any atom is 0.225 e. The minimum atomic E-state index is 0.541. The molecular weight excluding hydrogens is 276 g/mol. The molecule has 0 N–H and O–H groups in total. The van der Waals surface area contributed by atoms with E-state index in [0.717, 1.165) is 42.7 Å². The van der Waals surface area contributed by atoms with Crippen LogP contribution in [0, 0.1) is 13.8 Å². The third-order valence-corrected chi connectivity index (χ3v) is 4.87. The van der Waals surface area contributed by atoms with E-state index in [1.807, 2.05) is 32.3 Å². The van der Waals surface area contributed by atoms with E-state index < -0.39 is 0 Å². The van der Waals surface area contributed by atoms with Gasteiger partial charge in [0.25, 0.3) is 0 Å². The van der Waals surface area contributed by atoms with Gasteiger partial charge in [-0.3, -0.25) is 4.90 Å². The molecule has 0 spiro atoms. The number of aryl methyl sites for hydroxylation is 2. The first kappa shape index (κ1) is 13.8. The van der Waals surface area contributed by atoms with Crippen molar-refractivity contribution in [2.24, 2.45) is 0 Å². The molecule has 5 nitrogen and oxygen atoms in total. The first-order valence-electron chi connectivity index (χ1n) is 8.05. The second-order valence-corrected chi connectivity index (χ2v) is 6.45. The van der Waals surface area contributed by atoms with E-state index in [-0.39, 0.29) is 0 Å². The summed E-state index contributed by atoms with van der Waals surface area (Å²) in [6.45, 7) is 7.11. The van der Waals surface area contributed by atoms with Crippen LogP contribution in [0.1, 0.15) is 29.9 Å².